The van der Waals surface area contributed by atoms with Crippen LogP contribution in [-0.4, -0.2) is 35.7 Å². The molecule has 0 atom stereocenters. The van der Waals surface area contributed by atoms with E-state index in [1.54, 1.807) is 0 Å². The van der Waals surface area contributed by atoms with Gasteiger partial charge in [0.15, 0.2) is 0 Å². The van der Waals surface area contributed by atoms with Gasteiger partial charge in [0, 0.05) is 18.5 Å². The highest BCUT2D eigenvalue weighted by Gasteiger charge is 2.08. The summed E-state index contributed by atoms with van der Waals surface area (Å²) in [6.45, 7) is 4.87. The van der Waals surface area contributed by atoms with E-state index in [1.807, 2.05) is 21.0 Å². The minimum Gasteiger partial charge on any atom is -0.309 e. The first kappa shape index (κ1) is 11.9. The number of H-pyrrole nitrogens is 1. The second-order valence-corrected chi connectivity index (χ2v) is 4.01. The normalized spacial score (nSPS) is 11.0. The third-order valence-corrected chi connectivity index (χ3v) is 2.58. The third-order valence-electron chi connectivity index (χ3n) is 2.58. The second kappa shape index (κ2) is 5.07. The van der Waals surface area contributed by atoms with Crippen molar-refractivity contribution in [2.45, 2.75) is 26.7 Å². The first-order chi connectivity index (χ1) is 7.06. The Morgan fingerprint density at radius 1 is 1.40 bits per heavy atom. The molecule has 0 saturated carbocycles. The number of rotatable bonds is 4. The molecular weight excluding hydrogens is 190 g/mol. The number of hydrogen-bond donors (Lipinski definition) is 1. The van der Waals surface area contributed by atoms with Crippen molar-refractivity contribution in [2.24, 2.45) is 0 Å². The van der Waals surface area contributed by atoms with E-state index in [9.17, 15) is 4.79 Å². The Morgan fingerprint density at radius 3 is 2.60 bits per heavy atom. The largest absolute Gasteiger partial charge is 0.309 e. The first-order valence-electron chi connectivity index (χ1n) is 5.28. The molecule has 0 aliphatic heterocycles. The number of hydrogen-bond acceptors (Lipinski definition) is 3. The van der Waals surface area contributed by atoms with Crippen molar-refractivity contribution in [3.05, 3.63) is 27.2 Å². The summed E-state index contributed by atoms with van der Waals surface area (Å²) >= 11 is 0. The van der Waals surface area contributed by atoms with E-state index in [0.717, 1.165) is 36.2 Å². The molecule has 1 aromatic heterocycles. The van der Waals surface area contributed by atoms with Crippen LogP contribution in [-0.2, 0) is 12.8 Å². The monoisotopic (exact) mass is 209 g/mol. The van der Waals surface area contributed by atoms with E-state index in [-0.39, 0.29) is 5.56 Å². The van der Waals surface area contributed by atoms with E-state index in [4.69, 9.17) is 0 Å². The zero-order valence-electron chi connectivity index (χ0n) is 9.92. The van der Waals surface area contributed by atoms with Crippen molar-refractivity contribution < 1.29 is 0 Å². The maximum absolute atomic E-state index is 11.4. The minimum absolute atomic E-state index is 0.0690. The lowest BCUT2D eigenvalue weighted by atomic mass is 10.0. The van der Waals surface area contributed by atoms with Gasteiger partial charge < -0.3 is 4.90 Å². The highest BCUT2D eigenvalue weighted by Crippen LogP contribution is 2.08. The zero-order chi connectivity index (χ0) is 11.4. The van der Waals surface area contributed by atoms with Gasteiger partial charge in [0.2, 0.25) is 0 Å². The van der Waals surface area contributed by atoms with Crippen molar-refractivity contribution in [1.29, 1.82) is 0 Å². The molecule has 0 unspecified atom stereocenters. The highest BCUT2D eigenvalue weighted by molar-refractivity contribution is 5.26. The molecule has 0 radical (unpaired) electrons. The van der Waals surface area contributed by atoms with E-state index in [2.05, 4.69) is 22.0 Å². The Kier molecular flexibility index (Phi) is 4.03. The number of likely N-dealkylation sites (N-methyl/N-ethyl adjacent to an activating group) is 1. The Balaban J connectivity index is 2.97. The fourth-order valence-corrected chi connectivity index (χ4v) is 1.63. The molecule has 1 N–H and O–H groups in total. The summed E-state index contributed by atoms with van der Waals surface area (Å²) < 4.78 is 0. The molecule has 0 aromatic carbocycles. The average Bonchev–Trinajstić information content (AvgIpc) is 2.19. The molecule has 0 aliphatic carbocycles. The van der Waals surface area contributed by atoms with Crippen LogP contribution in [0, 0.1) is 6.92 Å². The minimum atomic E-state index is -0.0690. The van der Waals surface area contributed by atoms with Gasteiger partial charge in [-0.2, -0.15) is 5.10 Å². The molecular formula is C11H19N3O. The van der Waals surface area contributed by atoms with E-state index < -0.39 is 0 Å². The number of nitrogens with zero attached hydrogens (tertiary/aromatic N) is 2. The van der Waals surface area contributed by atoms with Gasteiger partial charge in [-0.05, 0) is 33.0 Å². The van der Waals surface area contributed by atoms with Crippen LogP contribution in [0.1, 0.15) is 23.7 Å². The topological polar surface area (TPSA) is 49.0 Å². The average molecular weight is 209 g/mol. The van der Waals surface area contributed by atoms with Crippen LogP contribution in [0.25, 0.3) is 0 Å². The Bertz CT molecular complexity index is 382. The molecule has 0 spiro atoms. The lowest BCUT2D eigenvalue weighted by Crippen LogP contribution is -2.21. The Morgan fingerprint density at radius 2 is 2.07 bits per heavy atom. The van der Waals surface area contributed by atoms with Crippen LogP contribution in [0.3, 0.4) is 0 Å². The summed E-state index contributed by atoms with van der Waals surface area (Å²) in [6.07, 6.45) is 1.75. The van der Waals surface area contributed by atoms with Crippen LogP contribution < -0.4 is 5.56 Å². The Labute approximate surface area is 90.3 Å². The molecule has 4 nitrogen and oxygen atoms in total. The van der Waals surface area contributed by atoms with Crippen LogP contribution in [0.15, 0.2) is 4.79 Å². The molecule has 15 heavy (non-hydrogen) atoms. The van der Waals surface area contributed by atoms with E-state index in [0.29, 0.717) is 0 Å². The van der Waals surface area contributed by atoms with Gasteiger partial charge in [0.05, 0.1) is 5.69 Å². The summed E-state index contributed by atoms with van der Waals surface area (Å²) in [5.74, 6) is 0. The molecule has 1 heterocycles. The van der Waals surface area contributed by atoms with Crippen LogP contribution in [0.2, 0.25) is 0 Å². The molecule has 0 aliphatic rings. The highest BCUT2D eigenvalue weighted by atomic mass is 16.1. The smallest absolute Gasteiger partial charge is 0.267 e. The van der Waals surface area contributed by atoms with E-state index >= 15 is 0 Å². The summed E-state index contributed by atoms with van der Waals surface area (Å²) in [7, 11) is 4.06. The SMILES string of the molecule is CCc1c(CCN(C)C)n[nH]c(=O)c1C. The third kappa shape index (κ3) is 2.89. The fourth-order valence-electron chi connectivity index (χ4n) is 1.63. The van der Waals surface area contributed by atoms with Crippen LogP contribution in [0.4, 0.5) is 0 Å². The van der Waals surface area contributed by atoms with Gasteiger partial charge in [0.1, 0.15) is 0 Å². The van der Waals surface area contributed by atoms with Crippen LogP contribution >= 0.6 is 0 Å². The molecule has 84 valence electrons. The zero-order valence-corrected chi connectivity index (χ0v) is 9.92. The molecule has 0 bridgehead atoms. The summed E-state index contributed by atoms with van der Waals surface area (Å²) in [5.41, 5.74) is 2.85. The fraction of sp³-hybridized carbons (Fsp3) is 0.636. The van der Waals surface area contributed by atoms with Crippen molar-refractivity contribution in [1.82, 2.24) is 15.1 Å². The number of nitrogens with one attached hydrogen (secondary N) is 1. The van der Waals surface area contributed by atoms with Gasteiger partial charge >= 0.3 is 0 Å². The Hall–Kier alpha value is -1.16. The first-order valence-corrected chi connectivity index (χ1v) is 5.28. The quantitative estimate of drug-likeness (QED) is 0.796. The lowest BCUT2D eigenvalue weighted by molar-refractivity contribution is 0.410. The second-order valence-electron chi connectivity index (χ2n) is 4.01. The molecule has 4 heteroatoms. The maximum Gasteiger partial charge on any atom is 0.267 e. The van der Waals surface area contributed by atoms with Crippen molar-refractivity contribution in [3.8, 4) is 0 Å². The summed E-state index contributed by atoms with van der Waals surface area (Å²) in [6, 6.07) is 0. The van der Waals surface area contributed by atoms with Crippen molar-refractivity contribution in [2.75, 3.05) is 20.6 Å². The van der Waals surface area contributed by atoms with Gasteiger partial charge in [-0.1, -0.05) is 6.92 Å². The van der Waals surface area contributed by atoms with Gasteiger partial charge in [-0.15, -0.1) is 0 Å². The van der Waals surface area contributed by atoms with Crippen molar-refractivity contribution >= 4 is 0 Å². The van der Waals surface area contributed by atoms with Crippen molar-refractivity contribution in [3.63, 3.8) is 0 Å². The number of aromatic nitrogens is 2. The van der Waals surface area contributed by atoms with Gasteiger partial charge in [-0.25, -0.2) is 5.10 Å². The van der Waals surface area contributed by atoms with Gasteiger partial charge in [-0.3, -0.25) is 4.79 Å². The van der Waals surface area contributed by atoms with E-state index in [1.165, 1.54) is 0 Å². The molecule has 1 aromatic rings. The maximum atomic E-state index is 11.4. The molecule has 0 fully saturated rings. The predicted octanol–water partition coefficient (Wildman–Crippen LogP) is 0.745. The molecule has 0 amide bonds. The number of aromatic amines is 1. The summed E-state index contributed by atoms with van der Waals surface area (Å²) in [5, 5.41) is 6.66. The predicted molar refractivity (Wildman–Crippen MR) is 61.2 cm³/mol. The summed E-state index contributed by atoms with van der Waals surface area (Å²) in [4.78, 5) is 13.5. The van der Waals surface area contributed by atoms with Gasteiger partial charge in [0.25, 0.3) is 5.56 Å². The lowest BCUT2D eigenvalue weighted by Gasteiger charge is -2.12. The molecule has 1 rings (SSSR count). The van der Waals surface area contributed by atoms with Crippen LogP contribution in [0.5, 0.6) is 0 Å². The molecule has 0 saturated heterocycles. The standard InChI is InChI=1S/C11H19N3O/c1-5-9-8(2)11(15)13-12-10(9)6-7-14(3)4/h5-7H2,1-4H3,(H,13,15).